The van der Waals surface area contributed by atoms with Crippen LogP contribution in [0.1, 0.15) is 50.6 Å². The molecule has 156 valence electrons. The summed E-state index contributed by atoms with van der Waals surface area (Å²) in [6.07, 6.45) is 0.418. The van der Waals surface area contributed by atoms with E-state index in [-0.39, 0.29) is 29.8 Å². The molecule has 6 nitrogen and oxygen atoms in total. The lowest BCUT2D eigenvalue weighted by molar-refractivity contribution is -0.129. The molecule has 0 aliphatic carbocycles. The summed E-state index contributed by atoms with van der Waals surface area (Å²) in [5.41, 5.74) is 1.71. The fourth-order valence-electron chi connectivity index (χ4n) is 3.67. The molecule has 3 aromatic rings. The third-order valence-electron chi connectivity index (χ3n) is 5.25. The van der Waals surface area contributed by atoms with Crippen molar-refractivity contribution in [3.05, 3.63) is 65.8 Å². The van der Waals surface area contributed by atoms with Crippen LogP contribution in [0.3, 0.4) is 0 Å². The molecule has 1 aromatic heterocycles. The van der Waals surface area contributed by atoms with Crippen molar-refractivity contribution in [3.8, 4) is 17.1 Å². The Bertz CT molecular complexity index is 1010. The molecule has 2 unspecified atom stereocenters. The van der Waals surface area contributed by atoms with Crippen molar-refractivity contribution >= 4 is 5.91 Å². The molecule has 0 spiro atoms. The molecule has 0 radical (unpaired) electrons. The van der Waals surface area contributed by atoms with Gasteiger partial charge in [0.15, 0.2) is 0 Å². The van der Waals surface area contributed by atoms with Crippen molar-refractivity contribution < 1.29 is 18.4 Å². The highest BCUT2D eigenvalue weighted by Crippen LogP contribution is 2.34. The summed E-state index contributed by atoms with van der Waals surface area (Å²) >= 11 is 0. The highest BCUT2D eigenvalue weighted by atomic mass is 19.1. The summed E-state index contributed by atoms with van der Waals surface area (Å²) < 4.78 is 24.3. The summed E-state index contributed by atoms with van der Waals surface area (Å²) in [5, 5.41) is 4.09. The molecule has 2 atom stereocenters. The monoisotopic (exact) mass is 409 g/mol. The predicted octanol–water partition coefficient (Wildman–Crippen LogP) is 4.74. The zero-order chi connectivity index (χ0) is 21.3. The fourth-order valence-corrected chi connectivity index (χ4v) is 3.67. The number of halogens is 1. The van der Waals surface area contributed by atoms with Gasteiger partial charge in [-0.3, -0.25) is 4.79 Å². The van der Waals surface area contributed by atoms with Gasteiger partial charge in [-0.15, -0.1) is 0 Å². The van der Waals surface area contributed by atoms with E-state index in [1.54, 1.807) is 17.0 Å². The van der Waals surface area contributed by atoms with Gasteiger partial charge in [0.25, 0.3) is 0 Å². The topological polar surface area (TPSA) is 68.5 Å². The first-order valence-electron chi connectivity index (χ1n) is 10.1. The van der Waals surface area contributed by atoms with Gasteiger partial charge in [0.1, 0.15) is 11.6 Å². The van der Waals surface area contributed by atoms with Gasteiger partial charge in [-0.25, -0.2) is 4.39 Å². The van der Waals surface area contributed by atoms with Gasteiger partial charge in [-0.05, 0) is 62.7 Å². The molecule has 1 aliphatic rings. The van der Waals surface area contributed by atoms with Crippen molar-refractivity contribution in [2.24, 2.45) is 0 Å². The third kappa shape index (κ3) is 4.20. The number of hydrogen-bond donors (Lipinski definition) is 0. The lowest BCUT2D eigenvalue weighted by Crippen LogP contribution is -2.28. The van der Waals surface area contributed by atoms with Crippen LogP contribution in [0.15, 0.2) is 53.1 Å². The van der Waals surface area contributed by atoms with Gasteiger partial charge in [-0.2, -0.15) is 4.98 Å². The van der Waals surface area contributed by atoms with E-state index in [4.69, 9.17) is 9.26 Å². The molecule has 1 fully saturated rings. The first-order valence-corrected chi connectivity index (χ1v) is 10.1. The molecular weight excluding hydrogens is 385 g/mol. The lowest BCUT2D eigenvalue weighted by atomic mass is 10.1. The summed E-state index contributed by atoms with van der Waals surface area (Å²) in [7, 11) is 0. The molecule has 1 amide bonds. The number of nitrogens with zero attached hydrogens (tertiary/aromatic N) is 3. The standard InChI is InChI=1S/C23H24FN3O3/c1-14(2)29-20-10-6-17(7-11-20)22-25-23(30-26-22)18-12-21(28)27(13-18)15(3)16-4-8-19(24)9-5-16/h4-11,14-15,18H,12-13H2,1-3H3. The first-order chi connectivity index (χ1) is 14.4. The Morgan fingerprint density at radius 2 is 1.80 bits per heavy atom. The minimum Gasteiger partial charge on any atom is -0.491 e. The van der Waals surface area contributed by atoms with Gasteiger partial charge in [-0.1, -0.05) is 17.3 Å². The Morgan fingerprint density at radius 3 is 2.47 bits per heavy atom. The average Bonchev–Trinajstić information content (AvgIpc) is 3.35. The zero-order valence-electron chi connectivity index (χ0n) is 17.2. The van der Waals surface area contributed by atoms with E-state index >= 15 is 0 Å². The third-order valence-corrected chi connectivity index (χ3v) is 5.25. The number of ether oxygens (including phenoxy) is 1. The SMILES string of the molecule is CC(C)Oc1ccc(-c2noc(C3CC(=O)N(C(C)c4ccc(F)cc4)C3)n2)cc1. The second-order valence-electron chi connectivity index (χ2n) is 7.82. The van der Waals surface area contributed by atoms with Crippen LogP contribution in [-0.2, 0) is 4.79 Å². The van der Waals surface area contributed by atoms with E-state index in [0.717, 1.165) is 16.9 Å². The van der Waals surface area contributed by atoms with Crippen LogP contribution in [0.25, 0.3) is 11.4 Å². The highest BCUT2D eigenvalue weighted by molar-refractivity contribution is 5.80. The van der Waals surface area contributed by atoms with E-state index in [9.17, 15) is 9.18 Å². The molecule has 1 aliphatic heterocycles. The van der Waals surface area contributed by atoms with Gasteiger partial charge in [0, 0.05) is 18.5 Å². The van der Waals surface area contributed by atoms with Gasteiger partial charge in [0.05, 0.1) is 18.1 Å². The maximum atomic E-state index is 13.2. The van der Waals surface area contributed by atoms with Crippen molar-refractivity contribution in [2.45, 2.75) is 45.3 Å². The Morgan fingerprint density at radius 1 is 1.10 bits per heavy atom. The second kappa shape index (κ2) is 8.26. The number of amides is 1. The smallest absolute Gasteiger partial charge is 0.232 e. The first kappa shape index (κ1) is 20.1. The zero-order valence-corrected chi connectivity index (χ0v) is 17.2. The van der Waals surface area contributed by atoms with Crippen molar-refractivity contribution in [1.29, 1.82) is 0 Å². The number of rotatable bonds is 6. The van der Waals surface area contributed by atoms with E-state index in [1.165, 1.54) is 12.1 Å². The molecule has 4 rings (SSSR count). The number of carbonyl (C=O) groups excluding carboxylic acids is 1. The van der Waals surface area contributed by atoms with Crippen LogP contribution in [-0.4, -0.2) is 33.6 Å². The Hall–Kier alpha value is -3.22. The number of hydrogen-bond acceptors (Lipinski definition) is 5. The van der Waals surface area contributed by atoms with Crippen LogP contribution in [0, 0.1) is 5.82 Å². The minimum absolute atomic E-state index is 0.0202. The highest BCUT2D eigenvalue weighted by Gasteiger charge is 2.37. The largest absolute Gasteiger partial charge is 0.491 e. The fraction of sp³-hybridized carbons (Fsp3) is 0.348. The number of benzene rings is 2. The van der Waals surface area contributed by atoms with Crippen LogP contribution in [0.5, 0.6) is 5.75 Å². The van der Waals surface area contributed by atoms with Crippen LogP contribution >= 0.6 is 0 Å². The predicted molar refractivity (Wildman–Crippen MR) is 109 cm³/mol. The van der Waals surface area contributed by atoms with Crippen molar-refractivity contribution in [1.82, 2.24) is 15.0 Å². The molecule has 1 saturated heterocycles. The molecule has 7 heteroatoms. The van der Waals surface area contributed by atoms with Gasteiger partial charge < -0.3 is 14.2 Å². The minimum atomic E-state index is -0.293. The van der Waals surface area contributed by atoms with E-state index in [0.29, 0.717) is 24.7 Å². The van der Waals surface area contributed by atoms with E-state index < -0.39 is 0 Å². The van der Waals surface area contributed by atoms with Crippen LogP contribution in [0.2, 0.25) is 0 Å². The maximum Gasteiger partial charge on any atom is 0.232 e. The molecule has 0 bridgehead atoms. The van der Waals surface area contributed by atoms with E-state index in [2.05, 4.69) is 10.1 Å². The Balaban J connectivity index is 1.46. The Labute approximate surface area is 174 Å². The number of aromatic nitrogens is 2. The normalized spacial score (nSPS) is 17.6. The quantitative estimate of drug-likeness (QED) is 0.588. The summed E-state index contributed by atoms with van der Waals surface area (Å²) in [5.74, 6) is 1.29. The summed E-state index contributed by atoms with van der Waals surface area (Å²) in [4.78, 5) is 18.9. The van der Waals surface area contributed by atoms with Crippen LogP contribution < -0.4 is 4.74 Å². The van der Waals surface area contributed by atoms with Gasteiger partial charge in [0.2, 0.25) is 17.6 Å². The van der Waals surface area contributed by atoms with E-state index in [1.807, 2.05) is 45.0 Å². The molecular formula is C23H24FN3O3. The number of likely N-dealkylation sites (tertiary alicyclic amines) is 1. The average molecular weight is 409 g/mol. The maximum absolute atomic E-state index is 13.2. The Kier molecular flexibility index (Phi) is 5.53. The summed E-state index contributed by atoms with van der Waals surface area (Å²) in [6, 6.07) is 13.6. The van der Waals surface area contributed by atoms with Gasteiger partial charge >= 0.3 is 0 Å². The summed E-state index contributed by atoms with van der Waals surface area (Å²) in [6.45, 7) is 6.37. The molecule has 30 heavy (non-hydrogen) atoms. The number of carbonyl (C=O) groups is 1. The molecule has 0 N–H and O–H groups in total. The second-order valence-corrected chi connectivity index (χ2v) is 7.82. The van der Waals surface area contributed by atoms with Crippen LogP contribution in [0.4, 0.5) is 4.39 Å². The molecule has 2 heterocycles. The molecule has 0 saturated carbocycles. The lowest BCUT2D eigenvalue weighted by Gasteiger charge is -2.25. The van der Waals surface area contributed by atoms with Crippen molar-refractivity contribution in [2.75, 3.05) is 6.54 Å². The van der Waals surface area contributed by atoms with Crippen molar-refractivity contribution in [3.63, 3.8) is 0 Å². The molecule has 2 aromatic carbocycles.